The van der Waals surface area contributed by atoms with Gasteiger partial charge in [0.25, 0.3) is 0 Å². The highest BCUT2D eigenvalue weighted by Crippen LogP contribution is 2.27. The van der Waals surface area contributed by atoms with Gasteiger partial charge >= 0.3 is 0 Å². The number of methoxy groups -OCH3 is 1. The van der Waals surface area contributed by atoms with Crippen LogP contribution >= 0.6 is 0 Å². The van der Waals surface area contributed by atoms with Crippen molar-refractivity contribution in [2.75, 3.05) is 12.4 Å². The van der Waals surface area contributed by atoms with E-state index in [1.165, 1.54) is 0 Å². The summed E-state index contributed by atoms with van der Waals surface area (Å²) in [6.07, 6.45) is 5.58. The number of nitrogens with zero attached hydrogens (tertiary/aromatic N) is 6. The summed E-state index contributed by atoms with van der Waals surface area (Å²) < 4.78 is 6.66. The molecule has 1 aliphatic carbocycles. The molecule has 4 rings (SSSR count). The Morgan fingerprint density at radius 1 is 1.31 bits per heavy atom. The number of hydrogen-bond acceptors (Lipinski definition) is 8. The molecule has 3 heterocycles. The Labute approximate surface area is 148 Å². The van der Waals surface area contributed by atoms with Gasteiger partial charge in [0.05, 0.1) is 25.2 Å². The zero-order valence-corrected chi connectivity index (χ0v) is 14.2. The Morgan fingerprint density at radius 3 is 2.88 bits per heavy atom. The van der Waals surface area contributed by atoms with Crippen molar-refractivity contribution in [2.45, 2.75) is 25.3 Å². The SMILES string of the molecule is COc1ccc(-n2nnc3cnc(NC4CC[C@@H](C(N)=O)C4)nc32)cn1. The van der Waals surface area contributed by atoms with E-state index in [0.717, 1.165) is 12.8 Å². The average molecular weight is 354 g/mol. The fourth-order valence-electron chi connectivity index (χ4n) is 3.14. The van der Waals surface area contributed by atoms with Gasteiger partial charge in [-0.05, 0) is 25.3 Å². The van der Waals surface area contributed by atoms with Crippen LogP contribution in [0.25, 0.3) is 16.9 Å². The molecule has 3 aromatic heterocycles. The van der Waals surface area contributed by atoms with Gasteiger partial charge in [-0.2, -0.15) is 9.67 Å². The zero-order chi connectivity index (χ0) is 18.1. The number of aromatic nitrogens is 6. The maximum Gasteiger partial charge on any atom is 0.225 e. The van der Waals surface area contributed by atoms with Crippen molar-refractivity contribution in [1.29, 1.82) is 0 Å². The van der Waals surface area contributed by atoms with E-state index in [0.29, 0.717) is 35.1 Å². The Hall–Kier alpha value is -3.30. The summed E-state index contributed by atoms with van der Waals surface area (Å²) in [4.78, 5) is 24.3. The second-order valence-corrected chi connectivity index (χ2v) is 6.22. The van der Waals surface area contributed by atoms with E-state index in [4.69, 9.17) is 10.5 Å². The fourth-order valence-corrected chi connectivity index (χ4v) is 3.14. The molecule has 1 aliphatic rings. The minimum Gasteiger partial charge on any atom is -0.481 e. The Bertz CT molecular complexity index is 939. The second kappa shape index (κ2) is 6.54. The number of fused-ring (bicyclic) bond motifs is 1. The molecule has 0 spiro atoms. The normalized spacial score (nSPS) is 19.6. The van der Waals surface area contributed by atoms with Crippen molar-refractivity contribution in [3.8, 4) is 11.6 Å². The van der Waals surface area contributed by atoms with Crippen LogP contribution in [0.15, 0.2) is 24.5 Å². The minimum atomic E-state index is -0.250. The number of amides is 1. The molecular weight excluding hydrogens is 336 g/mol. The highest BCUT2D eigenvalue weighted by atomic mass is 16.5. The predicted octanol–water partition coefficient (Wildman–Crippen LogP) is 0.680. The van der Waals surface area contributed by atoms with Crippen molar-refractivity contribution in [2.24, 2.45) is 11.7 Å². The number of hydrogen-bond donors (Lipinski definition) is 2. The largest absolute Gasteiger partial charge is 0.481 e. The highest BCUT2D eigenvalue weighted by molar-refractivity contribution is 5.77. The maximum atomic E-state index is 11.3. The summed E-state index contributed by atoms with van der Waals surface area (Å²) in [6, 6.07) is 3.69. The molecule has 10 heteroatoms. The molecule has 1 amide bonds. The van der Waals surface area contributed by atoms with Gasteiger partial charge in [-0.1, -0.05) is 5.21 Å². The molecule has 0 aromatic carbocycles. The van der Waals surface area contributed by atoms with Gasteiger partial charge in [-0.25, -0.2) is 9.97 Å². The first-order valence-electron chi connectivity index (χ1n) is 8.29. The first-order valence-corrected chi connectivity index (χ1v) is 8.29. The lowest BCUT2D eigenvalue weighted by Crippen LogP contribution is -2.23. The van der Waals surface area contributed by atoms with E-state index in [1.807, 2.05) is 6.07 Å². The molecule has 0 radical (unpaired) electrons. The molecule has 1 fully saturated rings. The Balaban J connectivity index is 1.59. The van der Waals surface area contributed by atoms with E-state index in [2.05, 4.69) is 30.6 Å². The second-order valence-electron chi connectivity index (χ2n) is 6.22. The van der Waals surface area contributed by atoms with Crippen LogP contribution in [0.4, 0.5) is 5.95 Å². The van der Waals surface area contributed by atoms with Crippen molar-refractivity contribution >= 4 is 23.0 Å². The summed E-state index contributed by atoms with van der Waals surface area (Å²) in [5.41, 5.74) is 7.25. The molecule has 3 aromatic rings. The van der Waals surface area contributed by atoms with E-state index in [-0.39, 0.29) is 17.9 Å². The van der Waals surface area contributed by atoms with E-state index >= 15 is 0 Å². The van der Waals surface area contributed by atoms with Crippen molar-refractivity contribution in [3.05, 3.63) is 24.5 Å². The average Bonchev–Trinajstić information content (AvgIpc) is 3.29. The Morgan fingerprint density at radius 2 is 2.19 bits per heavy atom. The number of primary amides is 1. The summed E-state index contributed by atoms with van der Waals surface area (Å²) in [5.74, 6) is 0.645. The summed E-state index contributed by atoms with van der Waals surface area (Å²) in [6.45, 7) is 0. The summed E-state index contributed by atoms with van der Waals surface area (Å²) in [7, 11) is 1.56. The van der Waals surface area contributed by atoms with Crippen LogP contribution in [0.3, 0.4) is 0 Å². The van der Waals surface area contributed by atoms with E-state index in [1.54, 1.807) is 30.3 Å². The van der Waals surface area contributed by atoms with Crippen molar-refractivity contribution in [3.63, 3.8) is 0 Å². The number of nitrogens with two attached hydrogens (primary N) is 1. The monoisotopic (exact) mass is 354 g/mol. The first kappa shape index (κ1) is 16.2. The quantitative estimate of drug-likeness (QED) is 0.683. The number of nitrogens with one attached hydrogen (secondary N) is 1. The highest BCUT2D eigenvalue weighted by Gasteiger charge is 2.28. The van der Waals surface area contributed by atoms with Gasteiger partial charge in [-0.3, -0.25) is 4.79 Å². The molecule has 26 heavy (non-hydrogen) atoms. The van der Waals surface area contributed by atoms with Crippen LogP contribution in [0.1, 0.15) is 19.3 Å². The third kappa shape index (κ3) is 3.01. The number of anilines is 1. The number of pyridine rings is 1. The lowest BCUT2D eigenvalue weighted by molar-refractivity contribution is -0.121. The third-order valence-electron chi connectivity index (χ3n) is 4.54. The first-order chi connectivity index (χ1) is 12.6. The molecule has 1 saturated carbocycles. The summed E-state index contributed by atoms with van der Waals surface area (Å²) >= 11 is 0. The molecule has 0 bridgehead atoms. The van der Waals surface area contributed by atoms with Crippen LogP contribution in [0.5, 0.6) is 5.88 Å². The zero-order valence-electron chi connectivity index (χ0n) is 14.2. The molecule has 0 saturated heterocycles. The van der Waals surface area contributed by atoms with Crippen molar-refractivity contribution in [1.82, 2.24) is 29.9 Å². The maximum absolute atomic E-state index is 11.3. The van der Waals surface area contributed by atoms with Crippen molar-refractivity contribution < 1.29 is 9.53 Å². The molecule has 134 valence electrons. The molecule has 1 unspecified atom stereocenters. The molecule has 3 N–H and O–H groups in total. The van der Waals surface area contributed by atoms with Gasteiger partial charge in [0.1, 0.15) is 0 Å². The lowest BCUT2D eigenvalue weighted by Gasteiger charge is -2.12. The number of ether oxygens (including phenoxy) is 1. The smallest absolute Gasteiger partial charge is 0.225 e. The van der Waals surface area contributed by atoms with Gasteiger partial charge in [-0.15, -0.1) is 5.10 Å². The molecule has 2 atom stereocenters. The molecule has 0 aliphatic heterocycles. The van der Waals surface area contributed by atoms with E-state index < -0.39 is 0 Å². The predicted molar refractivity (Wildman–Crippen MR) is 92.7 cm³/mol. The lowest BCUT2D eigenvalue weighted by atomic mass is 10.1. The number of rotatable bonds is 5. The van der Waals surface area contributed by atoms with Crippen LogP contribution < -0.4 is 15.8 Å². The summed E-state index contributed by atoms with van der Waals surface area (Å²) in [5, 5.41) is 11.5. The van der Waals surface area contributed by atoms with Crippen LogP contribution in [-0.2, 0) is 4.79 Å². The van der Waals surface area contributed by atoms with Crippen LogP contribution in [0.2, 0.25) is 0 Å². The number of carbonyl (C=O) groups is 1. The van der Waals surface area contributed by atoms with Gasteiger partial charge in [0.15, 0.2) is 11.2 Å². The van der Waals surface area contributed by atoms with Crippen LogP contribution in [-0.4, -0.2) is 49.0 Å². The minimum absolute atomic E-state index is 0.0891. The Kier molecular flexibility index (Phi) is 4.07. The standard InChI is InChI=1S/C16H18N8O2/c1-26-13-5-4-11(7-18-13)24-15-12(22-23-24)8-19-16(21-15)20-10-3-2-9(6-10)14(17)25/h4-5,7-10H,2-3,6H2,1H3,(H2,17,25)(H,19,20,21)/t9-,10?/m1/s1. The fraction of sp³-hybridized carbons (Fsp3) is 0.375. The van der Waals surface area contributed by atoms with E-state index in [9.17, 15) is 4.79 Å². The topological polar surface area (TPSA) is 134 Å². The van der Waals surface area contributed by atoms with Crippen LogP contribution in [0, 0.1) is 5.92 Å². The van der Waals surface area contributed by atoms with Gasteiger partial charge in [0.2, 0.25) is 17.7 Å². The molecule has 10 nitrogen and oxygen atoms in total. The number of carbonyl (C=O) groups excluding carboxylic acids is 1. The molecular formula is C16H18N8O2. The van der Waals surface area contributed by atoms with Gasteiger partial charge in [0, 0.05) is 18.0 Å². The third-order valence-corrected chi connectivity index (χ3v) is 4.54. The van der Waals surface area contributed by atoms with Gasteiger partial charge < -0.3 is 15.8 Å².